The molecular formula is C24H22BrN3O2. The second-order valence-electron chi connectivity index (χ2n) is 6.72. The quantitative estimate of drug-likeness (QED) is 0.239. The van der Waals surface area contributed by atoms with Gasteiger partial charge < -0.3 is 14.8 Å². The molecule has 0 aliphatic heterocycles. The molecule has 0 spiro atoms. The SMILES string of the molecule is BrCCCOc1ccc2ncnc(Nc3ccc(OCc4ccccc4)cc3)c2c1. The Morgan fingerprint density at radius 2 is 1.63 bits per heavy atom. The van der Waals surface area contributed by atoms with Gasteiger partial charge in [-0.05, 0) is 54.4 Å². The molecule has 5 nitrogen and oxygen atoms in total. The van der Waals surface area contributed by atoms with Crippen LogP contribution in [0.5, 0.6) is 11.5 Å². The van der Waals surface area contributed by atoms with Gasteiger partial charge in [0.05, 0.1) is 12.1 Å². The minimum absolute atomic E-state index is 0.544. The number of ether oxygens (including phenoxy) is 2. The van der Waals surface area contributed by atoms with Crippen LogP contribution in [0, 0.1) is 0 Å². The number of aromatic nitrogens is 2. The van der Waals surface area contributed by atoms with Gasteiger partial charge in [-0.3, -0.25) is 0 Å². The van der Waals surface area contributed by atoms with Gasteiger partial charge in [0.1, 0.15) is 30.3 Å². The van der Waals surface area contributed by atoms with Crippen LogP contribution in [0.2, 0.25) is 0 Å². The van der Waals surface area contributed by atoms with E-state index in [0.717, 1.165) is 51.2 Å². The van der Waals surface area contributed by atoms with E-state index in [-0.39, 0.29) is 0 Å². The maximum Gasteiger partial charge on any atom is 0.141 e. The molecule has 0 bridgehead atoms. The number of anilines is 2. The molecule has 0 amide bonds. The second kappa shape index (κ2) is 10.1. The van der Waals surface area contributed by atoms with Gasteiger partial charge in [0.2, 0.25) is 0 Å². The van der Waals surface area contributed by atoms with E-state index in [1.54, 1.807) is 6.33 Å². The molecule has 3 aromatic carbocycles. The van der Waals surface area contributed by atoms with Gasteiger partial charge >= 0.3 is 0 Å². The van der Waals surface area contributed by atoms with Gasteiger partial charge in [-0.1, -0.05) is 46.3 Å². The molecule has 0 unspecified atom stereocenters. The summed E-state index contributed by atoms with van der Waals surface area (Å²) >= 11 is 3.42. The zero-order chi connectivity index (χ0) is 20.6. The molecule has 0 saturated carbocycles. The van der Waals surface area contributed by atoms with Crippen LogP contribution in [0.3, 0.4) is 0 Å². The molecule has 152 valence electrons. The number of fused-ring (bicyclic) bond motifs is 1. The van der Waals surface area contributed by atoms with Crippen LogP contribution in [0.25, 0.3) is 10.9 Å². The lowest BCUT2D eigenvalue weighted by Gasteiger charge is -2.11. The first-order valence-corrected chi connectivity index (χ1v) is 10.9. The predicted molar refractivity (Wildman–Crippen MR) is 124 cm³/mol. The number of nitrogens with zero attached hydrogens (tertiary/aromatic N) is 2. The summed E-state index contributed by atoms with van der Waals surface area (Å²) in [7, 11) is 0. The van der Waals surface area contributed by atoms with Crippen molar-refractivity contribution in [3.63, 3.8) is 0 Å². The Hall–Kier alpha value is -3.12. The van der Waals surface area contributed by atoms with Gasteiger partial charge in [-0.2, -0.15) is 0 Å². The van der Waals surface area contributed by atoms with Gasteiger partial charge in [-0.25, -0.2) is 9.97 Å². The Kier molecular flexibility index (Phi) is 6.77. The van der Waals surface area contributed by atoms with E-state index in [4.69, 9.17) is 9.47 Å². The summed E-state index contributed by atoms with van der Waals surface area (Å²) in [6.45, 7) is 1.21. The van der Waals surface area contributed by atoms with Gasteiger partial charge in [-0.15, -0.1) is 0 Å². The summed E-state index contributed by atoms with van der Waals surface area (Å²) < 4.78 is 11.7. The Morgan fingerprint density at radius 3 is 2.43 bits per heavy atom. The fraction of sp³-hybridized carbons (Fsp3) is 0.167. The molecule has 4 aromatic rings. The van der Waals surface area contributed by atoms with Crippen molar-refractivity contribution < 1.29 is 9.47 Å². The van der Waals surface area contributed by atoms with E-state index in [2.05, 4.69) is 31.2 Å². The zero-order valence-corrected chi connectivity index (χ0v) is 18.0. The lowest BCUT2D eigenvalue weighted by molar-refractivity contribution is 0.306. The van der Waals surface area contributed by atoms with Crippen molar-refractivity contribution in [3.05, 3.63) is 84.7 Å². The molecule has 0 atom stereocenters. The number of benzene rings is 3. The predicted octanol–water partition coefficient (Wildman–Crippen LogP) is 6.12. The molecule has 1 heterocycles. The van der Waals surface area contributed by atoms with Gasteiger partial charge in [0.25, 0.3) is 0 Å². The third-order valence-electron chi connectivity index (χ3n) is 4.52. The average molecular weight is 464 g/mol. The van der Waals surface area contributed by atoms with Crippen molar-refractivity contribution in [2.24, 2.45) is 0 Å². The molecule has 4 rings (SSSR count). The second-order valence-corrected chi connectivity index (χ2v) is 7.51. The third kappa shape index (κ3) is 5.27. The van der Waals surface area contributed by atoms with E-state index in [9.17, 15) is 0 Å². The summed E-state index contributed by atoms with van der Waals surface area (Å²) in [5.41, 5.74) is 2.93. The van der Waals surface area contributed by atoms with E-state index < -0.39 is 0 Å². The summed E-state index contributed by atoms with van der Waals surface area (Å²) in [6, 6.07) is 23.8. The first kappa shape index (κ1) is 20.2. The molecular weight excluding hydrogens is 442 g/mol. The highest BCUT2D eigenvalue weighted by Crippen LogP contribution is 2.27. The van der Waals surface area contributed by atoms with Crippen LogP contribution in [-0.2, 0) is 6.61 Å². The Bertz CT molecular complexity index is 1090. The summed E-state index contributed by atoms with van der Waals surface area (Å²) in [4.78, 5) is 8.78. The fourth-order valence-corrected chi connectivity index (χ4v) is 3.21. The molecule has 30 heavy (non-hydrogen) atoms. The first-order valence-electron chi connectivity index (χ1n) is 9.79. The minimum atomic E-state index is 0.544. The molecule has 0 fully saturated rings. The lowest BCUT2D eigenvalue weighted by atomic mass is 10.2. The Labute approximate surface area is 184 Å². The topological polar surface area (TPSA) is 56.3 Å². The molecule has 6 heteroatoms. The molecule has 0 aliphatic rings. The summed E-state index contributed by atoms with van der Waals surface area (Å²) in [5.74, 6) is 2.37. The van der Waals surface area contributed by atoms with Crippen molar-refractivity contribution >= 4 is 38.3 Å². The largest absolute Gasteiger partial charge is 0.494 e. The van der Waals surface area contributed by atoms with Crippen molar-refractivity contribution in [1.82, 2.24) is 9.97 Å². The minimum Gasteiger partial charge on any atom is -0.494 e. The highest BCUT2D eigenvalue weighted by atomic mass is 79.9. The Balaban J connectivity index is 1.45. The van der Waals surface area contributed by atoms with Crippen LogP contribution in [-0.4, -0.2) is 21.9 Å². The molecule has 0 aliphatic carbocycles. The van der Waals surface area contributed by atoms with Crippen molar-refractivity contribution in [1.29, 1.82) is 0 Å². The number of alkyl halides is 1. The van der Waals surface area contributed by atoms with Crippen LogP contribution < -0.4 is 14.8 Å². The van der Waals surface area contributed by atoms with Crippen molar-refractivity contribution in [2.45, 2.75) is 13.0 Å². The smallest absolute Gasteiger partial charge is 0.141 e. The maximum absolute atomic E-state index is 5.86. The fourth-order valence-electron chi connectivity index (χ4n) is 2.98. The van der Waals surface area contributed by atoms with Crippen LogP contribution >= 0.6 is 15.9 Å². The number of hydrogen-bond acceptors (Lipinski definition) is 5. The maximum atomic E-state index is 5.86. The summed E-state index contributed by atoms with van der Waals surface area (Å²) in [5, 5.41) is 5.21. The van der Waals surface area contributed by atoms with Crippen molar-refractivity contribution in [2.75, 3.05) is 17.3 Å². The first-order chi connectivity index (χ1) is 14.8. The van der Waals surface area contributed by atoms with Crippen LogP contribution in [0.1, 0.15) is 12.0 Å². The average Bonchev–Trinajstić information content (AvgIpc) is 2.80. The van der Waals surface area contributed by atoms with Crippen LogP contribution in [0.15, 0.2) is 79.1 Å². The highest BCUT2D eigenvalue weighted by molar-refractivity contribution is 9.09. The number of nitrogens with one attached hydrogen (secondary N) is 1. The van der Waals surface area contributed by atoms with E-state index >= 15 is 0 Å². The number of halogens is 1. The van der Waals surface area contributed by atoms with E-state index in [1.165, 1.54) is 0 Å². The zero-order valence-electron chi connectivity index (χ0n) is 16.4. The van der Waals surface area contributed by atoms with E-state index in [0.29, 0.717) is 13.2 Å². The standard InChI is InChI=1S/C24H22BrN3O2/c25-13-4-14-29-21-11-12-23-22(15-21)24(27-17-26-23)28-19-7-9-20(10-8-19)30-16-18-5-2-1-3-6-18/h1-3,5-12,15,17H,4,13-14,16H2,(H,26,27,28). The normalized spacial score (nSPS) is 10.7. The van der Waals surface area contributed by atoms with Gasteiger partial charge in [0.15, 0.2) is 0 Å². The molecule has 0 saturated heterocycles. The molecule has 0 radical (unpaired) electrons. The number of hydrogen-bond donors (Lipinski definition) is 1. The monoisotopic (exact) mass is 463 g/mol. The van der Waals surface area contributed by atoms with E-state index in [1.807, 2.05) is 72.8 Å². The lowest BCUT2D eigenvalue weighted by Crippen LogP contribution is -1.99. The van der Waals surface area contributed by atoms with Crippen LogP contribution in [0.4, 0.5) is 11.5 Å². The highest BCUT2D eigenvalue weighted by Gasteiger charge is 2.07. The van der Waals surface area contributed by atoms with Gasteiger partial charge in [0, 0.05) is 16.4 Å². The van der Waals surface area contributed by atoms with Crippen molar-refractivity contribution in [3.8, 4) is 11.5 Å². The third-order valence-corrected chi connectivity index (χ3v) is 5.08. The molecule has 1 N–H and O–H groups in total. The number of rotatable bonds is 9. The summed E-state index contributed by atoms with van der Waals surface area (Å²) in [6.07, 6.45) is 2.51. The molecule has 1 aromatic heterocycles. The Morgan fingerprint density at radius 1 is 0.833 bits per heavy atom.